The van der Waals surface area contributed by atoms with Gasteiger partial charge in [-0.15, -0.1) is 0 Å². The summed E-state index contributed by atoms with van der Waals surface area (Å²) in [7, 11) is 0. The van der Waals surface area contributed by atoms with E-state index in [9.17, 15) is 29.4 Å². The molecule has 0 aliphatic carbocycles. The van der Waals surface area contributed by atoms with Crippen LogP contribution in [0.2, 0.25) is 0 Å². The number of hydrogen-bond donors (Lipinski definition) is 10. The lowest BCUT2D eigenvalue weighted by molar-refractivity contribution is -0.132. The highest BCUT2D eigenvalue weighted by Crippen LogP contribution is 2.30. The van der Waals surface area contributed by atoms with Crippen molar-refractivity contribution in [3.05, 3.63) is 47.5 Å². The molecule has 14 nitrogen and oxygen atoms in total. The number of rotatable bonds is 11. The minimum absolute atomic E-state index is 0.00500. The molecule has 2 aromatic carbocycles. The van der Waals surface area contributed by atoms with Crippen molar-refractivity contribution in [3.63, 3.8) is 0 Å². The van der Waals surface area contributed by atoms with Gasteiger partial charge < -0.3 is 54.4 Å². The molecule has 0 saturated heterocycles. The number of carbonyl (C=O) groups excluding carboxylic acids is 4. The summed E-state index contributed by atoms with van der Waals surface area (Å²) in [6.07, 6.45) is 1.24. The van der Waals surface area contributed by atoms with Crippen LogP contribution in [0.5, 0.6) is 11.5 Å². The minimum atomic E-state index is -1.13. The Hall–Kier alpha value is -4.24. The number of phenols is 2. The van der Waals surface area contributed by atoms with Gasteiger partial charge in [0.2, 0.25) is 23.6 Å². The highest BCUT2D eigenvalue weighted by Gasteiger charge is 2.29. The van der Waals surface area contributed by atoms with E-state index in [0.717, 1.165) is 0 Å². The van der Waals surface area contributed by atoms with Crippen LogP contribution >= 0.6 is 0 Å². The number of carbonyl (C=O) groups is 4. The van der Waals surface area contributed by atoms with E-state index in [1.54, 1.807) is 24.3 Å². The van der Waals surface area contributed by atoms with Gasteiger partial charge in [0, 0.05) is 32.5 Å². The topological polar surface area (TPSA) is 261 Å². The highest BCUT2D eigenvalue weighted by atomic mass is 16.3. The standard InChI is InChI=1S/C30H44N8O6/c31-9-1-4-23-30(44)38-24(29(43)35-11-2-3-21(33)27(41)36-12-10-32)16-20-14-18(6-8-26(20)40)17-5-7-25(39)19(13-17)15-22(34)28(42)37-23/h5-8,13-14,21-24,39-40H,1-4,9-12,15-16,31-34H2,(H,35,43)(H,36,41)(H,37,42)(H,38,44)/t21-,22-,23-,24-/m0/s1. The molecule has 1 heterocycles. The van der Waals surface area contributed by atoms with Crippen LogP contribution in [0.25, 0.3) is 11.1 Å². The molecule has 2 aromatic rings. The van der Waals surface area contributed by atoms with Gasteiger partial charge in [-0.25, -0.2) is 0 Å². The van der Waals surface area contributed by atoms with Gasteiger partial charge >= 0.3 is 0 Å². The number of benzene rings is 2. The second kappa shape index (κ2) is 16.6. The van der Waals surface area contributed by atoms with E-state index >= 15 is 0 Å². The molecule has 1 aliphatic heterocycles. The first-order valence-electron chi connectivity index (χ1n) is 14.8. The lowest BCUT2D eigenvalue weighted by Gasteiger charge is -2.24. The quantitative estimate of drug-likeness (QED) is 0.127. The molecule has 4 amide bonds. The van der Waals surface area contributed by atoms with Gasteiger partial charge in [-0.05, 0) is 78.7 Å². The largest absolute Gasteiger partial charge is 0.508 e. The van der Waals surface area contributed by atoms with Crippen LogP contribution < -0.4 is 44.2 Å². The Bertz CT molecular complexity index is 1320. The molecule has 0 unspecified atom stereocenters. The average Bonchev–Trinajstić information content (AvgIpc) is 3.00. The van der Waals surface area contributed by atoms with Crippen molar-refractivity contribution >= 4 is 23.6 Å². The van der Waals surface area contributed by atoms with Crippen LogP contribution in [-0.2, 0) is 32.0 Å². The summed E-state index contributed by atoms with van der Waals surface area (Å²) in [5, 5.41) is 31.9. The molecule has 0 saturated carbocycles. The molecule has 4 atom stereocenters. The highest BCUT2D eigenvalue weighted by molar-refractivity contribution is 5.93. The number of nitrogens with one attached hydrogen (secondary N) is 4. The van der Waals surface area contributed by atoms with Gasteiger partial charge in [0.1, 0.15) is 23.6 Å². The number of fused-ring (bicyclic) bond motifs is 5. The Balaban J connectivity index is 1.89. The number of aromatic hydroxyl groups is 2. The van der Waals surface area contributed by atoms with Crippen molar-refractivity contribution in [1.82, 2.24) is 21.3 Å². The van der Waals surface area contributed by atoms with Gasteiger partial charge in [0.05, 0.1) is 12.1 Å². The molecule has 0 radical (unpaired) electrons. The molecule has 14 N–H and O–H groups in total. The van der Waals surface area contributed by atoms with E-state index in [1.165, 1.54) is 12.1 Å². The summed E-state index contributed by atoms with van der Waals surface area (Å²) >= 11 is 0. The zero-order valence-corrected chi connectivity index (χ0v) is 24.7. The third kappa shape index (κ3) is 9.64. The Kier molecular flexibility index (Phi) is 12.9. The van der Waals surface area contributed by atoms with Gasteiger partial charge in [-0.2, -0.15) is 0 Å². The molecule has 3 rings (SSSR count). The number of amides is 4. The van der Waals surface area contributed by atoms with Crippen LogP contribution in [-0.4, -0.2) is 84.2 Å². The van der Waals surface area contributed by atoms with Crippen LogP contribution in [0.4, 0.5) is 0 Å². The normalized spacial score (nSPS) is 19.5. The third-order valence-electron chi connectivity index (χ3n) is 7.43. The molecule has 4 bridgehead atoms. The summed E-state index contributed by atoms with van der Waals surface area (Å²) in [6.45, 7) is 1.04. The van der Waals surface area contributed by atoms with Crippen LogP contribution in [0, 0.1) is 0 Å². The Morgan fingerprint density at radius 1 is 0.864 bits per heavy atom. The van der Waals surface area contributed by atoms with E-state index in [-0.39, 0.29) is 49.8 Å². The van der Waals surface area contributed by atoms with E-state index in [1.807, 2.05) is 0 Å². The molecule has 0 aromatic heterocycles. The van der Waals surface area contributed by atoms with Gasteiger partial charge in [0.25, 0.3) is 0 Å². The number of nitrogens with two attached hydrogens (primary N) is 4. The molecule has 240 valence electrons. The minimum Gasteiger partial charge on any atom is -0.508 e. The summed E-state index contributed by atoms with van der Waals surface area (Å²) in [5.41, 5.74) is 25.4. The zero-order chi connectivity index (χ0) is 32.2. The molecule has 14 heteroatoms. The molecule has 0 spiro atoms. The van der Waals surface area contributed by atoms with Gasteiger partial charge in [-0.1, -0.05) is 12.1 Å². The second-order valence-electron chi connectivity index (χ2n) is 10.9. The van der Waals surface area contributed by atoms with Crippen molar-refractivity contribution in [2.75, 3.05) is 26.2 Å². The van der Waals surface area contributed by atoms with Crippen LogP contribution in [0.1, 0.15) is 36.8 Å². The SMILES string of the molecule is NCCC[C@@H]1NC(=O)[C@@H](N)Cc2cc(ccc2O)-c2ccc(O)c(c2)C[C@@H](C(=O)NCCC[C@H](N)C(=O)NCCN)NC1=O. The first-order valence-corrected chi connectivity index (χ1v) is 14.8. The number of phenolic OH excluding ortho intramolecular Hbond substituents is 2. The van der Waals surface area contributed by atoms with Crippen molar-refractivity contribution in [2.45, 2.75) is 62.7 Å². The fraction of sp³-hybridized carbons (Fsp3) is 0.467. The van der Waals surface area contributed by atoms with E-state index in [4.69, 9.17) is 22.9 Å². The van der Waals surface area contributed by atoms with Gasteiger partial charge in [0.15, 0.2) is 0 Å². The van der Waals surface area contributed by atoms with Crippen molar-refractivity contribution in [2.24, 2.45) is 22.9 Å². The molecular formula is C30H44N8O6. The maximum Gasteiger partial charge on any atom is 0.243 e. The van der Waals surface area contributed by atoms with E-state index < -0.39 is 41.9 Å². The van der Waals surface area contributed by atoms with E-state index in [0.29, 0.717) is 54.6 Å². The zero-order valence-electron chi connectivity index (χ0n) is 24.7. The summed E-state index contributed by atoms with van der Waals surface area (Å²) < 4.78 is 0. The monoisotopic (exact) mass is 612 g/mol. The fourth-order valence-corrected chi connectivity index (χ4v) is 4.87. The summed E-state index contributed by atoms with van der Waals surface area (Å²) in [6, 6.07) is 5.76. The van der Waals surface area contributed by atoms with Crippen molar-refractivity contribution in [1.29, 1.82) is 0 Å². The van der Waals surface area contributed by atoms with Crippen LogP contribution in [0.3, 0.4) is 0 Å². The average molecular weight is 613 g/mol. The lowest BCUT2D eigenvalue weighted by atomic mass is 9.95. The van der Waals surface area contributed by atoms with Gasteiger partial charge in [-0.3, -0.25) is 19.2 Å². The first-order chi connectivity index (χ1) is 21.0. The lowest BCUT2D eigenvalue weighted by Crippen LogP contribution is -2.56. The first kappa shape index (κ1) is 34.3. The summed E-state index contributed by atoms with van der Waals surface area (Å²) in [4.78, 5) is 51.9. The molecule has 44 heavy (non-hydrogen) atoms. The molecular weight excluding hydrogens is 568 g/mol. The van der Waals surface area contributed by atoms with Crippen LogP contribution in [0.15, 0.2) is 36.4 Å². The van der Waals surface area contributed by atoms with Crippen molar-refractivity contribution < 1.29 is 29.4 Å². The Labute approximate surface area is 256 Å². The number of hydrogen-bond acceptors (Lipinski definition) is 10. The predicted molar refractivity (Wildman–Crippen MR) is 165 cm³/mol. The summed E-state index contributed by atoms with van der Waals surface area (Å²) in [5.74, 6) is -2.20. The van der Waals surface area contributed by atoms with E-state index in [2.05, 4.69) is 21.3 Å². The maximum absolute atomic E-state index is 13.5. The Morgan fingerprint density at radius 2 is 1.50 bits per heavy atom. The van der Waals surface area contributed by atoms with Crippen molar-refractivity contribution in [3.8, 4) is 22.6 Å². The third-order valence-corrected chi connectivity index (χ3v) is 7.43. The Morgan fingerprint density at radius 3 is 2.11 bits per heavy atom. The molecule has 0 fully saturated rings. The smallest absolute Gasteiger partial charge is 0.243 e. The molecule has 1 aliphatic rings. The fourth-order valence-electron chi connectivity index (χ4n) is 4.87. The maximum atomic E-state index is 13.5. The second-order valence-corrected chi connectivity index (χ2v) is 10.9. The predicted octanol–water partition coefficient (Wildman–Crippen LogP) is -1.80.